The number of aromatic nitrogens is 3. The van der Waals surface area contributed by atoms with Gasteiger partial charge in [0, 0.05) is 17.1 Å². The van der Waals surface area contributed by atoms with Crippen LogP contribution in [-0.2, 0) is 0 Å². The molecule has 2 N–H and O–H groups in total. The molecule has 0 aliphatic carbocycles. The number of nitro groups is 1. The van der Waals surface area contributed by atoms with Gasteiger partial charge in [0.05, 0.1) is 4.92 Å². The van der Waals surface area contributed by atoms with Crippen LogP contribution in [0.3, 0.4) is 0 Å². The van der Waals surface area contributed by atoms with Crippen molar-refractivity contribution in [1.82, 2.24) is 14.5 Å². The molecule has 3 rings (SSSR count). The highest BCUT2D eigenvalue weighted by atomic mass is 19.1. The first-order valence-corrected chi connectivity index (χ1v) is 7.88. The van der Waals surface area contributed by atoms with Crippen LogP contribution < -0.4 is 5.56 Å². The standard InChI is InChI=1S/C18H15FN4O4/c1-10-9-12(11(2)22(10)14-6-4-13(19)5-7-14)3-8-15-20-17(24)16(23(26)27)18(25)21-15/h3-9H,1-2H3,(H2,20,21,24,25)/b8-3+. The second-order valence-corrected chi connectivity index (χ2v) is 5.85. The predicted molar refractivity (Wildman–Crippen MR) is 97.3 cm³/mol. The van der Waals surface area contributed by atoms with Crippen molar-refractivity contribution in [2.75, 3.05) is 0 Å². The van der Waals surface area contributed by atoms with E-state index in [-0.39, 0.29) is 11.6 Å². The minimum absolute atomic E-state index is 0.0188. The van der Waals surface area contributed by atoms with Gasteiger partial charge in [-0.2, -0.15) is 4.98 Å². The van der Waals surface area contributed by atoms with E-state index in [1.807, 2.05) is 24.5 Å². The van der Waals surface area contributed by atoms with E-state index in [9.17, 15) is 24.4 Å². The predicted octanol–water partition coefficient (Wildman–Crippen LogP) is 3.10. The first-order chi connectivity index (χ1) is 12.8. The molecule has 2 heterocycles. The van der Waals surface area contributed by atoms with Crippen molar-refractivity contribution in [1.29, 1.82) is 0 Å². The van der Waals surface area contributed by atoms with Gasteiger partial charge in [-0.25, -0.2) is 4.39 Å². The largest absolute Gasteiger partial charge is 0.488 e. The Morgan fingerprint density at radius 3 is 2.52 bits per heavy atom. The van der Waals surface area contributed by atoms with E-state index in [1.54, 1.807) is 18.2 Å². The number of aromatic hydroxyl groups is 1. The summed E-state index contributed by atoms with van der Waals surface area (Å²) in [5.41, 5.74) is 1.34. The van der Waals surface area contributed by atoms with Crippen LogP contribution in [0.25, 0.3) is 17.8 Å². The highest BCUT2D eigenvalue weighted by Crippen LogP contribution is 2.23. The lowest BCUT2D eigenvalue weighted by Crippen LogP contribution is -2.14. The lowest BCUT2D eigenvalue weighted by Gasteiger charge is -2.09. The molecule has 0 bridgehead atoms. The molecule has 9 heteroatoms. The number of nitrogens with one attached hydrogen (secondary N) is 1. The average Bonchev–Trinajstić information content (AvgIpc) is 2.87. The molecule has 0 fully saturated rings. The van der Waals surface area contributed by atoms with Crippen molar-refractivity contribution in [3.63, 3.8) is 0 Å². The zero-order valence-corrected chi connectivity index (χ0v) is 14.4. The van der Waals surface area contributed by atoms with Crippen molar-refractivity contribution in [2.24, 2.45) is 0 Å². The summed E-state index contributed by atoms with van der Waals surface area (Å²) in [6.45, 7) is 3.77. The Labute approximate surface area is 152 Å². The van der Waals surface area contributed by atoms with Gasteiger partial charge in [-0.3, -0.25) is 14.9 Å². The Morgan fingerprint density at radius 1 is 1.26 bits per heavy atom. The average molecular weight is 370 g/mol. The van der Waals surface area contributed by atoms with Gasteiger partial charge in [0.15, 0.2) is 0 Å². The van der Waals surface area contributed by atoms with Crippen LogP contribution in [0.2, 0.25) is 0 Å². The van der Waals surface area contributed by atoms with Crippen molar-refractivity contribution >= 4 is 17.8 Å². The van der Waals surface area contributed by atoms with E-state index in [1.165, 1.54) is 18.2 Å². The first-order valence-electron chi connectivity index (χ1n) is 7.88. The maximum absolute atomic E-state index is 13.1. The minimum atomic E-state index is -1.04. The molecule has 0 unspecified atom stereocenters. The first kappa shape index (κ1) is 18.1. The molecular formula is C18H15FN4O4. The Morgan fingerprint density at radius 2 is 1.93 bits per heavy atom. The van der Waals surface area contributed by atoms with Gasteiger partial charge in [0.25, 0.3) is 5.88 Å². The summed E-state index contributed by atoms with van der Waals surface area (Å²) in [5, 5.41) is 20.3. The van der Waals surface area contributed by atoms with E-state index in [4.69, 9.17) is 0 Å². The van der Waals surface area contributed by atoms with Crippen molar-refractivity contribution in [3.8, 4) is 11.6 Å². The molecule has 1 aromatic carbocycles. The quantitative estimate of drug-likeness (QED) is 0.541. The van der Waals surface area contributed by atoms with Crippen LogP contribution in [0, 0.1) is 29.8 Å². The monoisotopic (exact) mass is 370 g/mol. The summed E-state index contributed by atoms with van der Waals surface area (Å²) in [6.07, 6.45) is 3.09. The highest BCUT2D eigenvalue weighted by molar-refractivity contribution is 5.69. The van der Waals surface area contributed by atoms with Crippen molar-refractivity contribution in [3.05, 3.63) is 79.4 Å². The second-order valence-electron chi connectivity index (χ2n) is 5.85. The van der Waals surface area contributed by atoms with Crippen LogP contribution in [0.4, 0.5) is 10.1 Å². The number of H-pyrrole nitrogens is 1. The third-order valence-corrected chi connectivity index (χ3v) is 4.05. The summed E-state index contributed by atoms with van der Waals surface area (Å²) < 4.78 is 15.1. The fourth-order valence-electron chi connectivity index (χ4n) is 2.83. The zero-order chi connectivity index (χ0) is 19.7. The van der Waals surface area contributed by atoms with Crippen LogP contribution in [0.15, 0.2) is 35.1 Å². The van der Waals surface area contributed by atoms with E-state index >= 15 is 0 Å². The van der Waals surface area contributed by atoms with Crippen molar-refractivity contribution in [2.45, 2.75) is 13.8 Å². The van der Waals surface area contributed by atoms with Gasteiger partial charge in [-0.1, -0.05) is 0 Å². The molecule has 0 aliphatic rings. The van der Waals surface area contributed by atoms with Gasteiger partial charge < -0.3 is 14.7 Å². The van der Waals surface area contributed by atoms with Gasteiger partial charge in [0.1, 0.15) is 11.6 Å². The lowest BCUT2D eigenvalue weighted by molar-refractivity contribution is -0.387. The normalized spacial score (nSPS) is 11.2. The summed E-state index contributed by atoms with van der Waals surface area (Å²) >= 11 is 0. The number of nitrogens with zero attached hydrogens (tertiary/aromatic N) is 3. The fourth-order valence-corrected chi connectivity index (χ4v) is 2.83. The van der Waals surface area contributed by atoms with Crippen LogP contribution in [0.5, 0.6) is 5.88 Å². The van der Waals surface area contributed by atoms with E-state index in [2.05, 4.69) is 9.97 Å². The topological polar surface area (TPSA) is 114 Å². The van der Waals surface area contributed by atoms with Crippen LogP contribution in [-0.4, -0.2) is 24.6 Å². The number of aryl methyl sites for hydroxylation is 1. The van der Waals surface area contributed by atoms with Crippen molar-refractivity contribution < 1.29 is 14.4 Å². The van der Waals surface area contributed by atoms with E-state index < -0.39 is 22.0 Å². The van der Waals surface area contributed by atoms with E-state index in [0.29, 0.717) is 0 Å². The molecule has 0 atom stereocenters. The molecule has 0 radical (unpaired) electrons. The van der Waals surface area contributed by atoms with Crippen LogP contribution in [0.1, 0.15) is 22.8 Å². The highest BCUT2D eigenvalue weighted by Gasteiger charge is 2.21. The molecule has 0 saturated carbocycles. The summed E-state index contributed by atoms with van der Waals surface area (Å²) in [6, 6.07) is 7.96. The summed E-state index contributed by atoms with van der Waals surface area (Å²) in [5.74, 6) is -1.29. The third-order valence-electron chi connectivity index (χ3n) is 4.05. The third kappa shape index (κ3) is 3.47. The molecule has 138 valence electrons. The number of halogens is 1. The molecule has 8 nitrogen and oxygen atoms in total. The molecule has 2 aromatic heterocycles. The maximum atomic E-state index is 13.1. The van der Waals surface area contributed by atoms with Crippen LogP contribution >= 0.6 is 0 Å². The molecule has 0 amide bonds. The molecule has 0 saturated heterocycles. The zero-order valence-electron chi connectivity index (χ0n) is 14.4. The Hall–Kier alpha value is -3.75. The number of rotatable bonds is 4. The maximum Gasteiger partial charge on any atom is 0.395 e. The Balaban J connectivity index is 1.97. The second kappa shape index (κ2) is 6.87. The molecule has 0 spiro atoms. The molecule has 3 aromatic rings. The smallest absolute Gasteiger partial charge is 0.395 e. The molecular weight excluding hydrogens is 355 g/mol. The van der Waals surface area contributed by atoms with E-state index in [0.717, 1.165) is 22.6 Å². The van der Waals surface area contributed by atoms with Gasteiger partial charge in [-0.15, -0.1) is 0 Å². The summed E-state index contributed by atoms with van der Waals surface area (Å²) in [7, 11) is 0. The van der Waals surface area contributed by atoms with Gasteiger partial charge >= 0.3 is 11.2 Å². The Bertz CT molecular complexity index is 1110. The van der Waals surface area contributed by atoms with Gasteiger partial charge in [0.2, 0.25) is 0 Å². The number of hydrogen-bond donors (Lipinski definition) is 2. The fraction of sp³-hybridized carbons (Fsp3) is 0.111. The molecule has 27 heavy (non-hydrogen) atoms. The summed E-state index contributed by atoms with van der Waals surface area (Å²) in [4.78, 5) is 27.3. The van der Waals surface area contributed by atoms with Gasteiger partial charge in [-0.05, 0) is 61.9 Å². The number of hydrogen-bond acceptors (Lipinski definition) is 5. The number of benzene rings is 1. The minimum Gasteiger partial charge on any atom is -0.488 e. The lowest BCUT2D eigenvalue weighted by atomic mass is 10.2. The SMILES string of the molecule is Cc1cc(/C=C/c2nc(O)c([N+](=O)[O-])c(=O)[nH]2)c(C)n1-c1ccc(F)cc1. The Kier molecular flexibility index (Phi) is 4.59. The molecule has 0 aliphatic heterocycles. The number of aromatic amines is 1.